The minimum atomic E-state index is 0.271. The minimum Gasteiger partial charge on any atom is -0.508 e. The number of nitrogens with zero attached hydrogens (tertiary/aromatic N) is 1. The summed E-state index contributed by atoms with van der Waals surface area (Å²) in [5.74, 6) is 1.10. The first-order valence-corrected chi connectivity index (χ1v) is 6.32. The van der Waals surface area contributed by atoms with E-state index in [0.717, 1.165) is 26.5 Å². The van der Waals surface area contributed by atoms with Crippen molar-refractivity contribution >= 4 is 21.6 Å². The Balaban J connectivity index is 2.07. The van der Waals surface area contributed by atoms with E-state index in [9.17, 15) is 5.11 Å². The quantitative estimate of drug-likeness (QED) is 0.761. The molecule has 90 valence electrons. The Labute approximate surface area is 108 Å². The third-order valence-electron chi connectivity index (χ3n) is 2.71. The fourth-order valence-electron chi connectivity index (χ4n) is 1.77. The maximum atomic E-state index is 9.44. The second-order valence-corrected chi connectivity index (χ2v) is 4.93. The molecule has 3 rings (SSSR count). The first-order valence-electron chi connectivity index (χ1n) is 5.50. The maximum Gasteiger partial charge on any atom is 0.124 e. The zero-order valence-electron chi connectivity index (χ0n) is 9.75. The molecular formula is C14H11NO2S. The number of phenolic OH excluding ortho intramolecular Hbond substituents is 1. The predicted molar refractivity (Wildman–Crippen MR) is 73.3 cm³/mol. The number of benzene rings is 2. The maximum absolute atomic E-state index is 9.44. The van der Waals surface area contributed by atoms with Crippen LogP contribution in [0.25, 0.3) is 20.8 Å². The molecule has 1 aromatic heterocycles. The predicted octanol–water partition coefficient (Wildman–Crippen LogP) is 3.68. The van der Waals surface area contributed by atoms with E-state index in [1.165, 1.54) is 0 Å². The topological polar surface area (TPSA) is 42.4 Å². The van der Waals surface area contributed by atoms with Crippen molar-refractivity contribution in [3.05, 3.63) is 42.5 Å². The van der Waals surface area contributed by atoms with E-state index < -0.39 is 0 Å². The van der Waals surface area contributed by atoms with E-state index in [4.69, 9.17) is 4.74 Å². The molecule has 0 saturated carbocycles. The van der Waals surface area contributed by atoms with Crippen molar-refractivity contribution in [2.45, 2.75) is 0 Å². The van der Waals surface area contributed by atoms with Gasteiger partial charge in [-0.05, 0) is 42.5 Å². The van der Waals surface area contributed by atoms with Crippen LogP contribution in [0.15, 0.2) is 42.5 Å². The fraction of sp³-hybridized carbons (Fsp3) is 0.0714. The first kappa shape index (κ1) is 11.0. The molecule has 1 heterocycles. The van der Waals surface area contributed by atoms with Crippen molar-refractivity contribution in [3.8, 4) is 22.1 Å². The van der Waals surface area contributed by atoms with Crippen LogP contribution in [0.1, 0.15) is 0 Å². The summed E-state index contributed by atoms with van der Waals surface area (Å²) in [5, 5.41) is 10.4. The van der Waals surface area contributed by atoms with Gasteiger partial charge in [-0.25, -0.2) is 4.98 Å². The van der Waals surface area contributed by atoms with Crippen LogP contribution in [0.5, 0.6) is 11.5 Å². The van der Waals surface area contributed by atoms with Gasteiger partial charge in [-0.2, -0.15) is 0 Å². The molecule has 0 amide bonds. The molecule has 3 nitrogen and oxygen atoms in total. The van der Waals surface area contributed by atoms with Gasteiger partial charge < -0.3 is 9.84 Å². The van der Waals surface area contributed by atoms with E-state index >= 15 is 0 Å². The number of aromatic nitrogens is 1. The van der Waals surface area contributed by atoms with Gasteiger partial charge in [0.05, 0.1) is 17.3 Å². The van der Waals surface area contributed by atoms with Gasteiger partial charge in [0, 0.05) is 5.56 Å². The Hall–Kier alpha value is -2.07. The summed E-state index contributed by atoms with van der Waals surface area (Å²) in [5.41, 5.74) is 1.96. The Morgan fingerprint density at radius 3 is 2.61 bits per heavy atom. The number of aromatic hydroxyl groups is 1. The minimum absolute atomic E-state index is 0.271. The van der Waals surface area contributed by atoms with Gasteiger partial charge in [-0.1, -0.05) is 0 Å². The number of phenols is 1. The van der Waals surface area contributed by atoms with Crippen molar-refractivity contribution in [2.75, 3.05) is 7.11 Å². The summed E-state index contributed by atoms with van der Waals surface area (Å²) in [7, 11) is 1.65. The van der Waals surface area contributed by atoms with Gasteiger partial charge in [0.2, 0.25) is 0 Å². The van der Waals surface area contributed by atoms with E-state index in [1.54, 1.807) is 30.6 Å². The lowest BCUT2D eigenvalue weighted by Crippen LogP contribution is -1.82. The largest absolute Gasteiger partial charge is 0.508 e. The van der Waals surface area contributed by atoms with Crippen molar-refractivity contribution in [3.63, 3.8) is 0 Å². The smallest absolute Gasteiger partial charge is 0.124 e. The molecule has 4 heteroatoms. The number of fused-ring (bicyclic) bond motifs is 1. The number of ether oxygens (including phenoxy) is 1. The molecule has 0 aliphatic heterocycles. The van der Waals surface area contributed by atoms with E-state index in [1.807, 2.05) is 30.3 Å². The molecule has 0 aliphatic rings. The number of hydrogen-bond donors (Lipinski definition) is 1. The zero-order chi connectivity index (χ0) is 12.5. The lowest BCUT2D eigenvalue weighted by atomic mass is 10.2. The van der Waals surface area contributed by atoms with Crippen molar-refractivity contribution in [2.24, 2.45) is 0 Å². The van der Waals surface area contributed by atoms with Crippen LogP contribution in [-0.2, 0) is 0 Å². The van der Waals surface area contributed by atoms with E-state index in [-0.39, 0.29) is 5.75 Å². The molecule has 0 radical (unpaired) electrons. The highest BCUT2D eigenvalue weighted by Crippen LogP contribution is 2.32. The average Bonchev–Trinajstić information content (AvgIpc) is 2.81. The third-order valence-corrected chi connectivity index (χ3v) is 3.78. The number of methoxy groups -OCH3 is 1. The summed E-state index contributed by atoms with van der Waals surface area (Å²) >= 11 is 1.57. The van der Waals surface area contributed by atoms with Crippen LogP contribution in [0, 0.1) is 0 Å². The standard InChI is InChI=1S/C14H11NO2S/c1-17-11-5-2-9(3-6-11)14-15-12-7-4-10(16)8-13(12)18-14/h2-8,16H,1H3. The SMILES string of the molecule is COc1ccc(-c2nc3ccc(O)cc3s2)cc1. The van der Waals surface area contributed by atoms with Gasteiger partial charge in [-0.3, -0.25) is 0 Å². The third kappa shape index (κ3) is 1.91. The molecule has 0 aliphatic carbocycles. The molecule has 0 atom stereocenters. The van der Waals surface area contributed by atoms with Crippen LogP contribution in [0.2, 0.25) is 0 Å². The summed E-state index contributed by atoms with van der Waals surface area (Å²) in [6, 6.07) is 13.0. The number of hydrogen-bond acceptors (Lipinski definition) is 4. The van der Waals surface area contributed by atoms with Gasteiger partial charge >= 0.3 is 0 Å². The Kier molecular flexibility index (Phi) is 2.64. The molecule has 18 heavy (non-hydrogen) atoms. The Morgan fingerprint density at radius 2 is 1.89 bits per heavy atom. The van der Waals surface area contributed by atoms with Gasteiger partial charge in [0.1, 0.15) is 16.5 Å². The van der Waals surface area contributed by atoms with Crippen LogP contribution < -0.4 is 4.74 Å². The Bertz CT molecular complexity index is 689. The van der Waals surface area contributed by atoms with E-state index in [0.29, 0.717) is 0 Å². The molecule has 2 aromatic carbocycles. The molecule has 0 unspecified atom stereocenters. The van der Waals surface area contributed by atoms with Crippen LogP contribution in [0.3, 0.4) is 0 Å². The zero-order valence-corrected chi connectivity index (χ0v) is 10.6. The van der Waals surface area contributed by atoms with E-state index in [2.05, 4.69) is 4.98 Å². The lowest BCUT2D eigenvalue weighted by molar-refractivity contribution is 0.415. The molecule has 3 aromatic rings. The Morgan fingerprint density at radius 1 is 1.11 bits per heavy atom. The highest BCUT2D eigenvalue weighted by molar-refractivity contribution is 7.21. The van der Waals surface area contributed by atoms with Gasteiger partial charge in [0.25, 0.3) is 0 Å². The summed E-state index contributed by atoms with van der Waals surface area (Å²) in [6.45, 7) is 0. The first-order chi connectivity index (χ1) is 8.76. The normalized spacial score (nSPS) is 10.7. The average molecular weight is 257 g/mol. The summed E-state index contributed by atoms with van der Waals surface area (Å²) in [6.07, 6.45) is 0. The second kappa shape index (κ2) is 4.31. The summed E-state index contributed by atoms with van der Waals surface area (Å²) in [4.78, 5) is 4.55. The van der Waals surface area contributed by atoms with Crippen LogP contribution in [0.4, 0.5) is 0 Å². The number of thiazole rings is 1. The molecular weight excluding hydrogens is 246 g/mol. The van der Waals surface area contributed by atoms with Crippen LogP contribution >= 0.6 is 11.3 Å². The highest BCUT2D eigenvalue weighted by atomic mass is 32.1. The molecule has 0 bridgehead atoms. The van der Waals surface area contributed by atoms with Crippen molar-refractivity contribution < 1.29 is 9.84 Å². The number of rotatable bonds is 2. The highest BCUT2D eigenvalue weighted by Gasteiger charge is 2.06. The monoisotopic (exact) mass is 257 g/mol. The molecule has 0 saturated heterocycles. The lowest BCUT2D eigenvalue weighted by Gasteiger charge is -1.99. The fourth-order valence-corrected chi connectivity index (χ4v) is 2.77. The van der Waals surface area contributed by atoms with Gasteiger partial charge in [-0.15, -0.1) is 11.3 Å². The molecule has 0 spiro atoms. The van der Waals surface area contributed by atoms with Crippen LogP contribution in [-0.4, -0.2) is 17.2 Å². The van der Waals surface area contributed by atoms with Gasteiger partial charge in [0.15, 0.2) is 0 Å². The summed E-state index contributed by atoms with van der Waals surface area (Å²) < 4.78 is 6.12. The molecule has 0 fully saturated rings. The van der Waals surface area contributed by atoms with Crippen molar-refractivity contribution in [1.29, 1.82) is 0 Å². The van der Waals surface area contributed by atoms with Crippen molar-refractivity contribution in [1.82, 2.24) is 4.98 Å². The second-order valence-electron chi connectivity index (χ2n) is 3.90. The molecule has 1 N–H and O–H groups in total.